The predicted molar refractivity (Wildman–Crippen MR) is 175 cm³/mol. The summed E-state index contributed by atoms with van der Waals surface area (Å²) < 4.78 is 5.68. The van der Waals surface area contributed by atoms with Gasteiger partial charge < -0.3 is 4.74 Å². The molecule has 0 spiro atoms. The van der Waals surface area contributed by atoms with E-state index in [4.69, 9.17) is 4.74 Å². The number of ketones is 2. The fourth-order valence-electron chi connectivity index (χ4n) is 6.77. The maximum atomic E-state index is 13.5. The molecule has 2 rings (SSSR count). The molecule has 1 aliphatic rings. The minimum atomic E-state index is -0.972. The van der Waals surface area contributed by atoms with Crippen LogP contribution in [0.1, 0.15) is 148 Å². The van der Waals surface area contributed by atoms with E-state index in [1.54, 1.807) is 24.3 Å². The van der Waals surface area contributed by atoms with Crippen molar-refractivity contribution in [3.05, 3.63) is 48.0 Å². The molecule has 0 amide bonds. The van der Waals surface area contributed by atoms with Gasteiger partial charge in [0.1, 0.15) is 11.7 Å². The van der Waals surface area contributed by atoms with Gasteiger partial charge in [-0.15, -0.1) is 0 Å². The first kappa shape index (κ1) is 36.0. The van der Waals surface area contributed by atoms with Crippen molar-refractivity contribution in [2.45, 2.75) is 137 Å². The van der Waals surface area contributed by atoms with Gasteiger partial charge in [-0.1, -0.05) is 161 Å². The van der Waals surface area contributed by atoms with E-state index < -0.39 is 17.8 Å². The van der Waals surface area contributed by atoms with Crippen molar-refractivity contribution in [3.63, 3.8) is 0 Å². The maximum Gasteiger partial charge on any atom is 0.317 e. The van der Waals surface area contributed by atoms with Crippen LogP contribution in [0.4, 0.5) is 0 Å². The molecule has 1 aliphatic carbocycles. The van der Waals surface area contributed by atoms with Crippen molar-refractivity contribution in [2.75, 3.05) is 6.61 Å². The van der Waals surface area contributed by atoms with Crippen molar-refractivity contribution in [1.82, 2.24) is 0 Å². The predicted octanol–water partition coefficient (Wildman–Crippen LogP) is 10.3. The summed E-state index contributed by atoms with van der Waals surface area (Å²) in [4.78, 5) is 40.4. The van der Waals surface area contributed by atoms with Gasteiger partial charge in [-0.05, 0) is 30.1 Å². The lowest BCUT2D eigenvalue weighted by molar-refractivity contribution is -0.148. The molecule has 0 radical (unpaired) electrons. The van der Waals surface area contributed by atoms with E-state index in [0.717, 1.165) is 25.7 Å². The van der Waals surface area contributed by atoms with E-state index in [1.165, 1.54) is 70.6 Å². The summed E-state index contributed by atoms with van der Waals surface area (Å²) in [6.07, 6.45) is 23.1. The zero-order valence-corrected chi connectivity index (χ0v) is 27.5. The second kappa shape index (κ2) is 19.9. The van der Waals surface area contributed by atoms with E-state index in [9.17, 15) is 14.4 Å². The third-order valence-electron chi connectivity index (χ3n) is 9.23. The number of unbranched alkanes of at least 4 members (excludes halogenated alkanes) is 13. The van der Waals surface area contributed by atoms with Gasteiger partial charge in [0.25, 0.3) is 0 Å². The minimum absolute atomic E-state index is 0.121. The Morgan fingerprint density at radius 1 is 0.833 bits per heavy atom. The number of rotatable bonds is 22. The van der Waals surface area contributed by atoms with Crippen LogP contribution in [0.5, 0.6) is 0 Å². The van der Waals surface area contributed by atoms with E-state index in [-0.39, 0.29) is 35.2 Å². The molecule has 0 aliphatic heterocycles. The van der Waals surface area contributed by atoms with Gasteiger partial charge in [-0.3, -0.25) is 14.4 Å². The van der Waals surface area contributed by atoms with E-state index >= 15 is 0 Å². The third kappa shape index (κ3) is 12.6. The number of carbonyl (C=O) groups is 3. The molecule has 4 atom stereocenters. The number of ether oxygens (including phenoxy) is 1. The van der Waals surface area contributed by atoms with Crippen molar-refractivity contribution in [1.29, 1.82) is 0 Å². The normalized spacial score (nSPS) is 19.3. The van der Waals surface area contributed by atoms with Crippen LogP contribution in [0.2, 0.25) is 0 Å². The van der Waals surface area contributed by atoms with Crippen molar-refractivity contribution < 1.29 is 19.1 Å². The Bertz CT molecular complexity index is 947. The summed E-state index contributed by atoms with van der Waals surface area (Å²) in [5, 5.41) is 0. The van der Waals surface area contributed by atoms with Crippen LogP contribution in [-0.2, 0) is 14.3 Å². The molecule has 0 N–H and O–H groups in total. The Labute approximate surface area is 257 Å². The minimum Gasteiger partial charge on any atom is -0.465 e. The molecule has 0 bridgehead atoms. The van der Waals surface area contributed by atoms with Crippen molar-refractivity contribution in [2.24, 2.45) is 29.1 Å². The maximum absolute atomic E-state index is 13.5. The summed E-state index contributed by atoms with van der Waals surface area (Å²) in [6, 6.07) is 8.94. The Kier molecular flexibility index (Phi) is 17.0. The van der Waals surface area contributed by atoms with Crippen LogP contribution in [0.15, 0.2) is 42.5 Å². The standard InChI is InChI=1S/C38H60O4/c1-6-7-8-9-10-11-12-13-14-15-16-17-18-22-28-42-37(41)34(36(40)32-25-20-19-21-26-32)31(3)29-33(39)35-30(2)24-23-27-38(35,4)5/h19-21,23-26,30-31,34-35H,6-18,22,27-29H2,1-5H3. The van der Waals surface area contributed by atoms with E-state index in [0.29, 0.717) is 12.2 Å². The number of benzene rings is 1. The molecular formula is C38H60O4. The second-order valence-electron chi connectivity index (χ2n) is 13.6. The number of Topliss-reactive ketones (excluding diaryl/α,β-unsaturated/α-hetero) is 2. The molecule has 0 heterocycles. The highest BCUT2D eigenvalue weighted by Gasteiger charge is 2.42. The number of esters is 1. The fourth-order valence-corrected chi connectivity index (χ4v) is 6.77. The Morgan fingerprint density at radius 3 is 1.88 bits per heavy atom. The lowest BCUT2D eigenvalue weighted by Gasteiger charge is -2.39. The first-order valence-corrected chi connectivity index (χ1v) is 17.1. The monoisotopic (exact) mass is 580 g/mol. The van der Waals surface area contributed by atoms with Gasteiger partial charge in [0, 0.05) is 17.9 Å². The number of hydrogen-bond donors (Lipinski definition) is 0. The Balaban J connectivity index is 1.78. The van der Waals surface area contributed by atoms with Crippen LogP contribution >= 0.6 is 0 Å². The van der Waals surface area contributed by atoms with Crippen LogP contribution < -0.4 is 0 Å². The summed E-state index contributed by atoms with van der Waals surface area (Å²) in [7, 11) is 0. The van der Waals surface area contributed by atoms with Gasteiger partial charge in [0.15, 0.2) is 5.78 Å². The first-order valence-electron chi connectivity index (χ1n) is 17.1. The van der Waals surface area contributed by atoms with Gasteiger partial charge in [0.2, 0.25) is 0 Å². The second-order valence-corrected chi connectivity index (χ2v) is 13.6. The lowest BCUT2D eigenvalue weighted by atomic mass is 9.64. The molecule has 4 heteroatoms. The average molecular weight is 581 g/mol. The van der Waals surface area contributed by atoms with Gasteiger partial charge in [0.05, 0.1) is 6.61 Å². The number of allylic oxidation sites excluding steroid dienone is 2. The average Bonchev–Trinajstić information content (AvgIpc) is 2.95. The van der Waals surface area contributed by atoms with Crippen molar-refractivity contribution >= 4 is 17.5 Å². The smallest absolute Gasteiger partial charge is 0.317 e. The van der Waals surface area contributed by atoms with Gasteiger partial charge in [-0.2, -0.15) is 0 Å². The van der Waals surface area contributed by atoms with E-state index in [2.05, 4.69) is 39.8 Å². The van der Waals surface area contributed by atoms with Crippen LogP contribution in [0.25, 0.3) is 0 Å². The zero-order chi connectivity index (χ0) is 30.8. The topological polar surface area (TPSA) is 60.4 Å². The number of carbonyl (C=O) groups excluding carboxylic acids is 3. The Hall–Kier alpha value is -2.23. The molecule has 1 aromatic rings. The quantitative estimate of drug-likeness (QED) is 0.0450. The van der Waals surface area contributed by atoms with E-state index in [1.807, 2.05) is 13.0 Å². The lowest BCUT2D eigenvalue weighted by Crippen LogP contribution is -2.40. The molecule has 0 saturated heterocycles. The molecule has 0 aromatic heterocycles. The van der Waals surface area contributed by atoms with Crippen LogP contribution in [0.3, 0.4) is 0 Å². The molecule has 0 fully saturated rings. The highest BCUT2D eigenvalue weighted by Crippen LogP contribution is 2.42. The molecule has 4 nitrogen and oxygen atoms in total. The van der Waals surface area contributed by atoms with Crippen LogP contribution in [0, 0.1) is 29.1 Å². The molecule has 236 valence electrons. The fraction of sp³-hybridized carbons (Fsp3) is 0.711. The summed E-state index contributed by atoms with van der Waals surface area (Å²) in [6.45, 7) is 10.8. The van der Waals surface area contributed by atoms with Crippen LogP contribution in [-0.4, -0.2) is 24.1 Å². The Morgan fingerprint density at radius 2 is 1.36 bits per heavy atom. The summed E-state index contributed by atoms with van der Waals surface area (Å²) in [5.41, 5.74) is 0.350. The summed E-state index contributed by atoms with van der Waals surface area (Å²) >= 11 is 0. The molecular weight excluding hydrogens is 520 g/mol. The molecule has 4 unspecified atom stereocenters. The molecule has 1 aromatic carbocycles. The van der Waals surface area contributed by atoms with Gasteiger partial charge in [-0.25, -0.2) is 0 Å². The number of hydrogen-bond acceptors (Lipinski definition) is 4. The zero-order valence-electron chi connectivity index (χ0n) is 27.5. The third-order valence-corrected chi connectivity index (χ3v) is 9.23. The molecule has 42 heavy (non-hydrogen) atoms. The molecule has 0 saturated carbocycles. The largest absolute Gasteiger partial charge is 0.465 e. The highest BCUT2D eigenvalue weighted by atomic mass is 16.5. The van der Waals surface area contributed by atoms with Crippen molar-refractivity contribution in [3.8, 4) is 0 Å². The SMILES string of the molecule is CCCCCCCCCCCCCCCCOC(=O)C(C(=O)c1ccccc1)C(C)CC(=O)C1C(C)C=CCC1(C)C. The highest BCUT2D eigenvalue weighted by molar-refractivity contribution is 6.09. The first-order chi connectivity index (χ1) is 20.2. The summed E-state index contributed by atoms with van der Waals surface area (Å²) in [5.74, 6) is -1.99. The van der Waals surface area contributed by atoms with Gasteiger partial charge >= 0.3 is 5.97 Å².